The predicted molar refractivity (Wildman–Crippen MR) is 81.7 cm³/mol. The summed E-state index contributed by atoms with van der Waals surface area (Å²) in [7, 11) is 1.61. The lowest BCUT2D eigenvalue weighted by atomic mass is 9.99. The van der Waals surface area contributed by atoms with Crippen LogP contribution in [-0.4, -0.2) is 60.9 Å². The molecule has 6 nitrogen and oxygen atoms in total. The third-order valence-electron chi connectivity index (χ3n) is 4.72. The molecule has 1 N–H and O–H groups in total. The van der Waals surface area contributed by atoms with Crippen molar-refractivity contribution in [2.24, 2.45) is 0 Å². The highest BCUT2D eigenvalue weighted by molar-refractivity contribution is 5.89. The maximum atomic E-state index is 12.2. The molecule has 0 aromatic carbocycles. The summed E-state index contributed by atoms with van der Waals surface area (Å²) in [5, 5.41) is 2.81. The largest absolute Gasteiger partial charge is 0.501 e. The minimum Gasteiger partial charge on any atom is -0.501 e. The standard InChI is InChI=1S/C16H23N3O3/c1-22-14-5-9-19(16(21)11-14)12-3-7-18(8-4-12)13-2-6-17-15(20)10-13/h10-12H,2-9H2,1H3,(H,17,20). The maximum Gasteiger partial charge on any atom is 0.250 e. The van der Waals surface area contributed by atoms with Crippen LogP contribution in [0.15, 0.2) is 23.6 Å². The van der Waals surface area contributed by atoms with E-state index in [-0.39, 0.29) is 11.8 Å². The number of rotatable bonds is 3. The van der Waals surface area contributed by atoms with Crippen molar-refractivity contribution in [2.75, 3.05) is 33.3 Å². The van der Waals surface area contributed by atoms with Gasteiger partial charge in [-0.2, -0.15) is 0 Å². The lowest BCUT2D eigenvalue weighted by Gasteiger charge is -2.41. The van der Waals surface area contributed by atoms with Crippen LogP contribution in [0.3, 0.4) is 0 Å². The SMILES string of the molecule is COC1=CC(=O)N(C2CCN(C3=CC(=O)NCC3)CC2)CC1. The third kappa shape index (κ3) is 3.10. The molecule has 0 spiro atoms. The quantitative estimate of drug-likeness (QED) is 0.830. The molecular weight excluding hydrogens is 282 g/mol. The Kier molecular flexibility index (Phi) is 4.36. The zero-order valence-electron chi connectivity index (χ0n) is 13.0. The highest BCUT2D eigenvalue weighted by Crippen LogP contribution is 2.24. The molecule has 3 aliphatic heterocycles. The summed E-state index contributed by atoms with van der Waals surface area (Å²) < 4.78 is 5.16. The van der Waals surface area contributed by atoms with Crippen LogP contribution in [0, 0.1) is 0 Å². The summed E-state index contributed by atoms with van der Waals surface area (Å²) in [6.07, 6.45) is 6.95. The van der Waals surface area contributed by atoms with Crippen LogP contribution in [0.25, 0.3) is 0 Å². The fourth-order valence-corrected chi connectivity index (χ4v) is 3.46. The van der Waals surface area contributed by atoms with Gasteiger partial charge in [-0.25, -0.2) is 0 Å². The molecular formula is C16H23N3O3. The summed E-state index contributed by atoms with van der Waals surface area (Å²) in [5.74, 6) is 0.849. The number of hydrogen-bond acceptors (Lipinski definition) is 4. The van der Waals surface area contributed by atoms with E-state index in [1.165, 1.54) is 0 Å². The molecule has 1 saturated heterocycles. The number of nitrogens with zero attached hydrogens (tertiary/aromatic N) is 2. The van der Waals surface area contributed by atoms with Gasteiger partial charge in [-0.3, -0.25) is 9.59 Å². The molecule has 120 valence electrons. The zero-order chi connectivity index (χ0) is 15.5. The fourth-order valence-electron chi connectivity index (χ4n) is 3.46. The van der Waals surface area contributed by atoms with E-state index in [1.807, 2.05) is 4.90 Å². The number of ether oxygens (including phenoxy) is 1. The second-order valence-electron chi connectivity index (χ2n) is 5.99. The van der Waals surface area contributed by atoms with Crippen molar-refractivity contribution in [1.82, 2.24) is 15.1 Å². The van der Waals surface area contributed by atoms with Gasteiger partial charge in [0.25, 0.3) is 0 Å². The molecule has 0 unspecified atom stereocenters. The van der Waals surface area contributed by atoms with Crippen molar-refractivity contribution in [1.29, 1.82) is 0 Å². The van der Waals surface area contributed by atoms with E-state index in [4.69, 9.17) is 4.74 Å². The summed E-state index contributed by atoms with van der Waals surface area (Å²) in [4.78, 5) is 27.9. The van der Waals surface area contributed by atoms with Crippen LogP contribution in [0.1, 0.15) is 25.7 Å². The fraction of sp³-hybridized carbons (Fsp3) is 0.625. The minimum atomic E-state index is 0.00631. The zero-order valence-corrected chi connectivity index (χ0v) is 13.0. The van der Waals surface area contributed by atoms with Crippen LogP contribution in [0.5, 0.6) is 0 Å². The number of methoxy groups -OCH3 is 1. The molecule has 1 fully saturated rings. The van der Waals surface area contributed by atoms with Gasteiger partial charge in [0.15, 0.2) is 0 Å². The topological polar surface area (TPSA) is 61.9 Å². The summed E-state index contributed by atoms with van der Waals surface area (Å²) in [5.41, 5.74) is 1.13. The first-order valence-corrected chi connectivity index (χ1v) is 7.96. The number of likely N-dealkylation sites (tertiary alicyclic amines) is 1. The van der Waals surface area contributed by atoms with Crippen molar-refractivity contribution in [3.63, 3.8) is 0 Å². The number of hydrogen-bond donors (Lipinski definition) is 1. The highest BCUT2D eigenvalue weighted by Gasteiger charge is 2.30. The van der Waals surface area contributed by atoms with Crippen LogP contribution in [-0.2, 0) is 14.3 Å². The van der Waals surface area contributed by atoms with Crippen molar-refractivity contribution in [2.45, 2.75) is 31.7 Å². The molecule has 0 radical (unpaired) electrons. The van der Waals surface area contributed by atoms with Crippen molar-refractivity contribution in [3.05, 3.63) is 23.6 Å². The lowest BCUT2D eigenvalue weighted by Crippen LogP contribution is -2.49. The Morgan fingerprint density at radius 2 is 1.91 bits per heavy atom. The molecule has 2 amide bonds. The normalized spacial score (nSPS) is 23.9. The Bertz CT molecular complexity index is 519. The van der Waals surface area contributed by atoms with Gasteiger partial charge in [0.2, 0.25) is 11.8 Å². The Labute approximate surface area is 130 Å². The van der Waals surface area contributed by atoms with Crippen LogP contribution in [0.2, 0.25) is 0 Å². The molecule has 0 bridgehead atoms. The molecule has 3 heterocycles. The monoisotopic (exact) mass is 305 g/mol. The van der Waals surface area contributed by atoms with E-state index >= 15 is 0 Å². The van der Waals surface area contributed by atoms with E-state index in [9.17, 15) is 9.59 Å². The number of carbonyl (C=O) groups is 2. The van der Waals surface area contributed by atoms with Gasteiger partial charge in [-0.1, -0.05) is 0 Å². The Morgan fingerprint density at radius 1 is 1.14 bits per heavy atom. The lowest BCUT2D eigenvalue weighted by molar-refractivity contribution is -0.130. The van der Waals surface area contributed by atoms with Gasteiger partial charge in [0.05, 0.1) is 7.11 Å². The first-order chi connectivity index (χ1) is 10.7. The minimum absolute atomic E-state index is 0.00631. The molecule has 3 rings (SSSR count). The van der Waals surface area contributed by atoms with Crippen molar-refractivity contribution in [3.8, 4) is 0 Å². The second-order valence-corrected chi connectivity index (χ2v) is 5.99. The van der Waals surface area contributed by atoms with Crippen LogP contribution in [0.4, 0.5) is 0 Å². The average molecular weight is 305 g/mol. The molecule has 0 aromatic heterocycles. The van der Waals surface area contributed by atoms with E-state index in [0.717, 1.165) is 63.3 Å². The van der Waals surface area contributed by atoms with E-state index in [1.54, 1.807) is 19.3 Å². The number of nitrogens with one attached hydrogen (secondary N) is 1. The maximum absolute atomic E-state index is 12.2. The van der Waals surface area contributed by atoms with Gasteiger partial charge in [-0.15, -0.1) is 0 Å². The molecule has 0 atom stereocenters. The first kappa shape index (κ1) is 14.9. The van der Waals surface area contributed by atoms with E-state index in [2.05, 4.69) is 10.2 Å². The second kappa shape index (κ2) is 6.42. The summed E-state index contributed by atoms with van der Waals surface area (Å²) in [6, 6.07) is 0.302. The van der Waals surface area contributed by atoms with Crippen LogP contribution < -0.4 is 5.32 Å². The smallest absolute Gasteiger partial charge is 0.250 e. The van der Waals surface area contributed by atoms with Crippen molar-refractivity contribution < 1.29 is 14.3 Å². The van der Waals surface area contributed by atoms with Crippen LogP contribution >= 0.6 is 0 Å². The summed E-state index contributed by atoms with van der Waals surface area (Å²) in [6.45, 7) is 3.29. The average Bonchev–Trinajstić information content (AvgIpc) is 2.55. The third-order valence-corrected chi connectivity index (χ3v) is 4.72. The molecule has 0 aromatic rings. The van der Waals surface area contributed by atoms with E-state index < -0.39 is 0 Å². The molecule has 22 heavy (non-hydrogen) atoms. The van der Waals surface area contributed by atoms with Gasteiger partial charge >= 0.3 is 0 Å². The van der Waals surface area contributed by atoms with Gasteiger partial charge in [-0.05, 0) is 12.8 Å². The van der Waals surface area contributed by atoms with Crippen molar-refractivity contribution >= 4 is 11.8 Å². The van der Waals surface area contributed by atoms with Gasteiger partial charge in [0.1, 0.15) is 5.76 Å². The predicted octanol–water partition coefficient (Wildman–Crippen LogP) is 0.617. The van der Waals surface area contributed by atoms with Gasteiger partial charge in [0, 0.05) is 62.9 Å². The molecule has 3 aliphatic rings. The Morgan fingerprint density at radius 3 is 2.55 bits per heavy atom. The van der Waals surface area contributed by atoms with Gasteiger partial charge < -0.3 is 19.9 Å². The molecule has 0 aliphatic carbocycles. The molecule has 6 heteroatoms. The first-order valence-electron chi connectivity index (χ1n) is 7.96. The Hall–Kier alpha value is -1.98. The molecule has 0 saturated carbocycles. The summed E-state index contributed by atoms with van der Waals surface area (Å²) >= 11 is 0. The Balaban J connectivity index is 1.57. The number of carbonyl (C=O) groups excluding carboxylic acids is 2. The van der Waals surface area contributed by atoms with E-state index in [0.29, 0.717) is 6.04 Å². The highest BCUT2D eigenvalue weighted by atomic mass is 16.5. The number of amides is 2. The number of piperidine rings is 1.